The van der Waals surface area contributed by atoms with Crippen LogP contribution in [0.15, 0.2) is 170 Å². The topological polar surface area (TPSA) is 100 Å². The number of rotatable bonds is 7. The Balaban J connectivity index is 0.998. The quantitative estimate of drug-likeness (QED) is 0.158. The van der Waals surface area contributed by atoms with Crippen LogP contribution in [-0.4, -0.2) is 49.5 Å². The van der Waals surface area contributed by atoms with Gasteiger partial charge in [-0.25, -0.2) is 0 Å². The molecule has 11 nitrogen and oxygen atoms in total. The first-order valence-corrected chi connectivity index (χ1v) is 20.5. The van der Waals surface area contributed by atoms with Crippen molar-refractivity contribution in [1.82, 2.24) is 49.5 Å². The molecule has 8 aromatic carbocycles. The van der Waals surface area contributed by atoms with E-state index < -0.39 is 0 Å². The van der Waals surface area contributed by atoms with Gasteiger partial charge < -0.3 is 9.47 Å². The van der Waals surface area contributed by atoms with Crippen LogP contribution >= 0.6 is 0 Å². The van der Waals surface area contributed by atoms with Gasteiger partial charge >= 0.3 is 0 Å². The van der Waals surface area contributed by atoms with Gasteiger partial charge in [-0.2, -0.15) is 45.0 Å². The lowest BCUT2D eigenvalue weighted by atomic mass is 9.98. The number of benzene rings is 8. The van der Waals surface area contributed by atoms with Crippen molar-refractivity contribution in [3.8, 4) is 39.1 Å². The molecule has 0 radical (unpaired) electrons. The molecular formula is C51H37N11. The van der Waals surface area contributed by atoms with Crippen molar-refractivity contribution in [2.75, 3.05) is 4.90 Å². The second-order valence-corrected chi connectivity index (χ2v) is 15.6. The maximum absolute atomic E-state index is 5.03. The van der Waals surface area contributed by atoms with E-state index in [-0.39, 0.29) is 0 Å². The fraction of sp³-hybridized carbons (Fsp3) is 0.0588. The molecule has 0 aliphatic carbocycles. The predicted molar refractivity (Wildman–Crippen MR) is 248 cm³/mol. The Labute approximate surface area is 355 Å². The van der Waals surface area contributed by atoms with E-state index in [9.17, 15) is 0 Å². The maximum atomic E-state index is 5.03. The molecule has 0 saturated carbocycles. The molecule has 296 valence electrons. The van der Waals surface area contributed by atoms with Gasteiger partial charge in [-0.3, -0.25) is 0 Å². The Morgan fingerprint density at radius 2 is 0.871 bits per heavy atom. The third kappa shape index (κ3) is 5.59. The second kappa shape index (κ2) is 13.8. The molecule has 4 aromatic heterocycles. The standard InChI is InChI=1S/C51H37N11/c1-58-52-41-18-12-20-43(49(41)55-58)62(44-29-27-37(33-13-6-4-7-14-33)47-50(44)56-59(2)53-47)45-30-28-38(48-51(45)57-60(3)54-48)34-23-21-32(22-24-34)35-25-26-40-39-17-10-11-19-42(39)61(46(40)31-35)36-15-8-5-9-16-36/h4-31H,1-3H3. The zero-order valence-corrected chi connectivity index (χ0v) is 34.1. The molecule has 0 aliphatic rings. The molecule has 0 fully saturated rings. The molecule has 0 N–H and O–H groups in total. The summed E-state index contributed by atoms with van der Waals surface area (Å²) in [4.78, 5) is 7.06. The maximum Gasteiger partial charge on any atom is 0.137 e. The minimum atomic E-state index is 0.735. The van der Waals surface area contributed by atoms with Crippen LogP contribution in [0.1, 0.15) is 0 Å². The molecule has 0 aliphatic heterocycles. The summed E-state index contributed by atoms with van der Waals surface area (Å²) in [5, 5.41) is 31.9. The van der Waals surface area contributed by atoms with Gasteiger partial charge in [0.25, 0.3) is 0 Å². The van der Waals surface area contributed by atoms with Crippen LogP contribution in [0, 0.1) is 0 Å². The second-order valence-electron chi connectivity index (χ2n) is 15.6. The molecule has 0 unspecified atom stereocenters. The van der Waals surface area contributed by atoms with E-state index >= 15 is 0 Å². The van der Waals surface area contributed by atoms with E-state index in [4.69, 9.17) is 25.5 Å². The van der Waals surface area contributed by atoms with Crippen LogP contribution in [0.2, 0.25) is 0 Å². The molecule has 0 bridgehead atoms. The van der Waals surface area contributed by atoms with Crippen LogP contribution in [0.25, 0.3) is 94.0 Å². The van der Waals surface area contributed by atoms with Crippen molar-refractivity contribution in [3.63, 3.8) is 0 Å². The molecule has 4 heterocycles. The molecule has 0 amide bonds. The normalized spacial score (nSPS) is 11.8. The van der Waals surface area contributed by atoms with Crippen molar-refractivity contribution in [2.24, 2.45) is 21.1 Å². The number of hydrogen-bond donors (Lipinski definition) is 0. The van der Waals surface area contributed by atoms with E-state index in [1.165, 1.54) is 21.8 Å². The number of hydrogen-bond acceptors (Lipinski definition) is 7. The number of aryl methyl sites for hydroxylation is 3. The summed E-state index contributed by atoms with van der Waals surface area (Å²) >= 11 is 0. The third-order valence-electron chi connectivity index (χ3n) is 11.8. The Morgan fingerprint density at radius 1 is 0.355 bits per heavy atom. The fourth-order valence-corrected chi connectivity index (χ4v) is 9.05. The molecule has 12 rings (SSSR count). The Bertz CT molecular complexity index is 3670. The smallest absolute Gasteiger partial charge is 0.137 e. The fourth-order valence-electron chi connectivity index (χ4n) is 9.05. The zero-order chi connectivity index (χ0) is 41.5. The van der Waals surface area contributed by atoms with Crippen LogP contribution in [-0.2, 0) is 21.1 Å². The molecule has 0 atom stereocenters. The molecule has 12 aromatic rings. The Morgan fingerprint density at radius 3 is 1.56 bits per heavy atom. The Hall–Kier alpha value is -8.44. The summed E-state index contributed by atoms with van der Waals surface area (Å²) in [5.74, 6) is 0. The minimum Gasteiger partial charge on any atom is -0.309 e. The van der Waals surface area contributed by atoms with Gasteiger partial charge in [0.15, 0.2) is 0 Å². The predicted octanol–water partition coefficient (Wildman–Crippen LogP) is 11.1. The van der Waals surface area contributed by atoms with Crippen molar-refractivity contribution in [1.29, 1.82) is 0 Å². The largest absolute Gasteiger partial charge is 0.309 e. The lowest BCUT2D eigenvalue weighted by Gasteiger charge is -2.26. The monoisotopic (exact) mass is 803 g/mol. The first kappa shape index (κ1) is 35.5. The van der Waals surface area contributed by atoms with Crippen molar-refractivity contribution in [3.05, 3.63) is 170 Å². The van der Waals surface area contributed by atoms with Crippen LogP contribution in [0.5, 0.6) is 0 Å². The lowest BCUT2D eigenvalue weighted by molar-refractivity contribution is 0.665. The van der Waals surface area contributed by atoms with Gasteiger partial charge in [0.05, 0.1) is 28.1 Å². The van der Waals surface area contributed by atoms with Crippen LogP contribution in [0.4, 0.5) is 17.1 Å². The highest BCUT2D eigenvalue weighted by molar-refractivity contribution is 6.11. The highest BCUT2D eigenvalue weighted by Crippen LogP contribution is 2.46. The summed E-state index contributed by atoms with van der Waals surface area (Å²) in [6.45, 7) is 0. The van der Waals surface area contributed by atoms with Gasteiger partial charge in [0.1, 0.15) is 33.1 Å². The average Bonchev–Trinajstić information content (AvgIpc) is 4.09. The molecule has 0 saturated heterocycles. The van der Waals surface area contributed by atoms with Gasteiger partial charge in [0, 0.05) is 48.7 Å². The number of anilines is 3. The average molecular weight is 804 g/mol. The van der Waals surface area contributed by atoms with E-state index in [0.717, 1.165) is 89.2 Å². The van der Waals surface area contributed by atoms with Crippen molar-refractivity contribution < 1.29 is 0 Å². The van der Waals surface area contributed by atoms with Gasteiger partial charge in [-0.15, -0.1) is 0 Å². The summed E-state index contributed by atoms with van der Waals surface area (Å²) in [7, 11) is 5.56. The molecule has 0 spiro atoms. The number of fused-ring (bicyclic) bond motifs is 6. The lowest BCUT2D eigenvalue weighted by Crippen LogP contribution is -2.12. The van der Waals surface area contributed by atoms with Gasteiger partial charge in [0.2, 0.25) is 0 Å². The summed E-state index contributed by atoms with van der Waals surface area (Å²) in [5.41, 5.74) is 16.9. The van der Waals surface area contributed by atoms with Crippen LogP contribution < -0.4 is 4.90 Å². The van der Waals surface area contributed by atoms with Crippen molar-refractivity contribution >= 4 is 72.0 Å². The van der Waals surface area contributed by atoms with Crippen molar-refractivity contribution in [2.45, 2.75) is 0 Å². The molecule has 11 heteroatoms. The number of nitrogens with zero attached hydrogens (tertiary/aromatic N) is 11. The highest BCUT2D eigenvalue weighted by Gasteiger charge is 2.27. The van der Waals surface area contributed by atoms with Crippen LogP contribution in [0.3, 0.4) is 0 Å². The Kier molecular flexibility index (Phi) is 7.91. The van der Waals surface area contributed by atoms with Gasteiger partial charge in [-0.1, -0.05) is 109 Å². The SMILES string of the molecule is Cn1nc2cccc(N(c3ccc(-c4ccccc4)c4nn(C)nc34)c3ccc(-c4ccc(-c5ccc6c7ccccc7n(-c7ccccc7)c6c5)cc4)c4nn(C)nc34)c2n1. The number of aromatic nitrogens is 10. The van der Waals surface area contributed by atoms with E-state index in [0.29, 0.717) is 0 Å². The highest BCUT2D eigenvalue weighted by atomic mass is 15.5. The zero-order valence-electron chi connectivity index (χ0n) is 34.1. The van der Waals surface area contributed by atoms with Gasteiger partial charge in [-0.05, 0) is 82.9 Å². The first-order valence-electron chi connectivity index (χ1n) is 20.5. The molecular weight excluding hydrogens is 767 g/mol. The minimum absolute atomic E-state index is 0.735. The summed E-state index contributed by atoms with van der Waals surface area (Å²) in [6.07, 6.45) is 0. The van der Waals surface area contributed by atoms with E-state index in [2.05, 4.69) is 154 Å². The molecule has 62 heavy (non-hydrogen) atoms. The first-order chi connectivity index (χ1) is 30.5. The summed E-state index contributed by atoms with van der Waals surface area (Å²) < 4.78 is 2.36. The van der Waals surface area contributed by atoms with E-state index in [1.807, 2.05) is 51.5 Å². The number of para-hydroxylation sites is 2. The summed E-state index contributed by atoms with van der Waals surface area (Å²) in [6, 6.07) is 59.6. The third-order valence-corrected chi connectivity index (χ3v) is 11.8. The van der Waals surface area contributed by atoms with E-state index in [1.54, 1.807) is 14.4 Å².